The van der Waals surface area contributed by atoms with Gasteiger partial charge in [-0.25, -0.2) is 0 Å². The van der Waals surface area contributed by atoms with Crippen molar-refractivity contribution in [1.82, 2.24) is 4.98 Å². The van der Waals surface area contributed by atoms with E-state index in [0.29, 0.717) is 30.3 Å². The number of hydrogen-bond donors (Lipinski definition) is 1. The fraction of sp³-hybridized carbons (Fsp3) is 0.133. The van der Waals surface area contributed by atoms with E-state index in [1.165, 1.54) is 6.08 Å². The number of ether oxygens (including phenoxy) is 2. The lowest BCUT2D eigenvalue weighted by molar-refractivity contribution is 0.104. The molecule has 0 atom stereocenters. The highest BCUT2D eigenvalue weighted by Gasteiger charge is 2.13. The quantitative estimate of drug-likeness (QED) is 0.677. The molecule has 0 unspecified atom stereocenters. The van der Waals surface area contributed by atoms with E-state index < -0.39 is 0 Å². The minimum absolute atomic E-state index is 0.0634. The average molecular weight is 255 g/mol. The predicted molar refractivity (Wildman–Crippen MR) is 71.6 cm³/mol. The zero-order chi connectivity index (χ0) is 13.1. The van der Waals surface area contributed by atoms with Gasteiger partial charge in [0, 0.05) is 17.5 Å². The van der Waals surface area contributed by atoms with Crippen molar-refractivity contribution in [2.24, 2.45) is 0 Å². The van der Waals surface area contributed by atoms with E-state index in [1.54, 1.807) is 24.3 Å². The number of carbonyl (C=O) groups is 1. The molecule has 4 heteroatoms. The standard InChI is InChI=1S/C15H13NO3/c17-13(5-4-12-2-1-7-16-12)11-3-6-14-15(10-11)19-9-8-18-14/h1-7,10,16H,8-9H2/b5-4+. The van der Waals surface area contributed by atoms with Crippen LogP contribution in [0.1, 0.15) is 16.1 Å². The first-order valence-electron chi connectivity index (χ1n) is 6.08. The first kappa shape index (κ1) is 11.6. The van der Waals surface area contributed by atoms with Gasteiger partial charge in [-0.15, -0.1) is 0 Å². The average Bonchev–Trinajstić information content (AvgIpc) is 2.97. The van der Waals surface area contributed by atoms with Gasteiger partial charge in [-0.3, -0.25) is 4.79 Å². The molecular weight excluding hydrogens is 242 g/mol. The lowest BCUT2D eigenvalue weighted by Crippen LogP contribution is -2.15. The SMILES string of the molecule is O=C(/C=C/c1ccc[nH]1)c1ccc2c(c1)OCCO2. The first-order valence-corrected chi connectivity index (χ1v) is 6.08. The van der Waals surface area contributed by atoms with Crippen LogP contribution >= 0.6 is 0 Å². The van der Waals surface area contributed by atoms with Gasteiger partial charge in [0.1, 0.15) is 13.2 Å². The maximum Gasteiger partial charge on any atom is 0.186 e. The number of aromatic amines is 1. The highest BCUT2D eigenvalue weighted by atomic mass is 16.6. The summed E-state index contributed by atoms with van der Waals surface area (Å²) < 4.78 is 10.9. The third-order valence-corrected chi connectivity index (χ3v) is 2.86. The summed E-state index contributed by atoms with van der Waals surface area (Å²) in [6.07, 6.45) is 5.10. The van der Waals surface area contributed by atoms with E-state index in [4.69, 9.17) is 9.47 Å². The van der Waals surface area contributed by atoms with E-state index >= 15 is 0 Å². The van der Waals surface area contributed by atoms with Crippen LogP contribution in [0.15, 0.2) is 42.6 Å². The Labute approximate surface area is 110 Å². The second kappa shape index (κ2) is 5.02. The number of carbonyl (C=O) groups excluding carboxylic acids is 1. The van der Waals surface area contributed by atoms with Crippen molar-refractivity contribution in [1.29, 1.82) is 0 Å². The Morgan fingerprint density at radius 3 is 2.79 bits per heavy atom. The second-order valence-corrected chi connectivity index (χ2v) is 4.18. The molecule has 0 saturated carbocycles. The monoisotopic (exact) mass is 255 g/mol. The van der Waals surface area contributed by atoms with Crippen LogP contribution in [-0.4, -0.2) is 24.0 Å². The summed E-state index contributed by atoms with van der Waals surface area (Å²) in [4.78, 5) is 15.0. The Bertz CT molecular complexity index is 614. The van der Waals surface area contributed by atoms with Crippen LogP contribution in [0.4, 0.5) is 0 Å². The van der Waals surface area contributed by atoms with Crippen molar-refractivity contribution >= 4 is 11.9 Å². The molecule has 0 radical (unpaired) electrons. The maximum atomic E-state index is 12.0. The van der Waals surface area contributed by atoms with Crippen LogP contribution in [0.2, 0.25) is 0 Å². The van der Waals surface area contributed by atoms with Crippen LogP contribution < -0.4 is 9.47 Å². The molecule has 1 aromatic heterocycles. The molecule has 0 amide bonds. The molecule has 2 heterocycles. The fourth-order valence-corrected chi connectivity index (χ4v) is 1.91. The van der Waals surface area contributed by atoms with Crippen LogP contribution in [0.3, 0.4) is 0 Å². The molecule has 2 aromatic rings. The molecule has 1 aliphatic rings. The van der Waals surface area contributed by atoms with Gasteiger partial charge >= 0.3 is 0 Å². The van der Waals surface area contributed by atoms with Gasteiger partial charge in [-0.05, 0) is 42.5 Å². The van der Waals surface area contributed by atoms with E-state index in [2.05, 4.69) is 4.98 Å². The maximum absolute atomic E-state index is 12.0. The Balaban J connectivity index is 1.80. The third kappa shape index (κ3) is 2.52. The van der Waals surface area contributed by atoms with Crippen molar-refractivity contribution in [3.63, 3.8) is 0 Å². The molecule has 0 aliphatic carbocycles. The summed E-state index contributed by atoms with van der Waals surface area (Å²) in [5, 5.41) is 0. The van der Waals surface area contributed by atoms with Gasteiger partial charge in [-0.2, -0.15) is 0 Å². The smallest absolute Gasteiger partial charge is 0.186 e. The van der Waals surface area contributed by atoms with E-state index in [1.807, 2.05) is 18.3 Å². The van der Waals surface area contributed by atoms with Gasteiger partial charge in [0.15, 0.2) is 17.3 Å². The number of benzene rings is 1. The highest BCUT2D eigenvalue weighted by Crippen LogP contribution is 2.30. The number of fused-ring (bicyclic) bond motifs is 1. The topological polar surface area (TPSA) is 51.3 Å². The van der Waals surface area contributed by atoms with Crippen molar-refractivity contribution in [3.05, 3.63) is 53.9 Å². The number of ketones is 1. The minimum Gasteiger partial charge on any atom is -0.486 e. The Morgan fingerprint density at radius 2 is 2.00 bits per heavy atom. The number of nitrogens with one attached hydrogen (secondary N) is 1. The number of rotatable bonds is 3. The zero-order valence-electron chi connectivity index (χ0n) is 10.3. The molecule has 1 aromatic carbocycles. The first-order chi connectivity index (χ1) is 9.33. The van der Waals surface area contributed by atoms with Crippen molar-refractivity contribution in [2.75, 3.05) is 13.2 Å². The van der Waals surface area contributed by atoms with Crippen molar-refractivity contribution < 1.29 is 14.3 Å². The summed E-state index contributed by atoms with van der Waals surface area (Å²) >= 11 is 0. The summed E-state index contributed by atoms with van der Waals surface area (Å²) in [5.41, 5.74) is 1.48. The lowest BCUT2D eigenvalue weighted by atomic mass is 10.1. The van der Waals surface area contributed by atoms with Crippen LogP contribution in [0.25, 0.3) is 6.08 Å². The Kier molecular flexibility index (Phi) is 3.06. The minimum atomic E-state index is -0.0634. The molecule has 0 fully saturated rings. The van der Waals surface area contributed by atoms with E-state index in [9.17, 15) is 4.79 Å². The highest BCUT2D eigenvalue weighted by molar-refractivity contribution is 6.07. The second-order valence-electron chi connectivity index (χ2n) is 4.18. The van der Waals surface area contributed by atoms with Crippen LogP contribution in [-0.2, 0) is 0 Å². The molecule has 96 valence electrons. The summed E-state index contributed by atoms with van der Waals surface area (Å²) in [6.45, 7) is 1.07. The Morgan fingerprint density at radius 1 is 1.16 bits per heavy atom. The lowest BCUT2D eigenvalue weighted by Gasteiger charge is -2.18. The summed E-state index contributed by atoms with van der Waals surface area (Å²) in [5.74, 6) is 1.26. The van der Waals surface area contributed by atoms with Gasteiger partial charge in [0.2, 0.25) is 0 Å². The molecule has 0 saturated heterocycles. The number of hydrogen-bond acceptors (Lipinski definition) is 3. The fourth-order valence-electron chi connectivity index (χ4n) is 1.91. The number of aromatic nitrogens is 1. The van der Waals surface area contributed by atoms with Gasteiger partial charge in [0.25, 0.3) is 0 Å². The Hall–Kier alpha value is -2.49. The zero-order valence-corrected chi connectivity index (χ0v) is 10.3. The predicted octanol–water partition coefficient (Wildman–Crippen LogP) is 2.68. The molecule has 0 spiro atoms. The van der Waals surface area contributed by atoms with Gasteiger partial charge < -0.3 is 14.5 Å². The summed E-state index contributed by atoms with van der Waals surface area (Å²) in [6, 6.07) is 9.01. The number of H-pyrrole nitrogens is 1. The molecule has 1 N–H and O–H groups in total. The van der Waals surface area contributed by atoms with E-state index in [-0.39, 0.29) is 5.78 Å². The number of allylic oxidation sites excluding steroid dienone is 1. The van der Waals surface area contributed by atoms with Crippen molar-refractivity contribution in [3.8, 4) is 11.5 Å². The van der Waals surface area contributed by atoms with Crippen molar-refractivity contribution in [2.45, 2.75) is 0 Å². The molecule has 3 rings (SSSR count). The van der Waals surface area contributed by atoms with E-state index in [0.717, 1.165) is 5.69 Å². The third-order valence-electron chi connectivity index (χ3n) is 2.86. The van der Waals surface area contributed by atoms with Gasteiger partial charge in [-0.1, -0.05) is 0 Å². The normalized spacial score (nSPS) is 13.7. The molecular formula is C15H13NO3. The van der Waals surface area contributed by atoms with Crippen LogP contribution in [0.5, 0.6) is 11.5 Å². The molecule has 4 nitrogen and oxygen atoms in total. The molecule has 19 heavy (non-hydrogen) atoms. The molecule has 1 aliphatic heterocycles. The van der Waals surface area contributed by atoms with Crippen LogP contribution in [0, 0.1) is 0 Å². The summed E-state index contributed by atoms with van der Waals surface area (Å²) in [7, 11) is 0. The van der Waals surface area contributed by atoms with Gasteiger partial charge in [0.05, 0.1) is 0 Å². The largest absolute Gasteiger partial charge is 0.486 e. The molecule has 0 bridgehead atoms.